The number of aryl methyl sites for hydroxylation is 1. The molecule has 1 fully saturated rings. The highest BCUT2D eigenvalue weighted by Gasteiger charge is 2.23. The molecule has 0 unspecified atom stereocenters. The lowest BCUT2D eigenvalue weighted by atomic mass is 10.1. The number of nitrogens with zero attached hydrogens (tertiary/aromatic N) is 5. The van der Waals surface area contributed by atoms with E-state index in [2.05, 4.69) is 33.7 Å². The SMILES string of the molecule is Cc1ccn2cc(-c3cc4ccc(N5CCN(C)C[C@@H]5C)nc4oc3=O)nc2c1. The number of fused-ring (bicyclic) bond motifs is 2. The third-order valence-corrected chi connectivity index (χ3v) is 5.60. The van der Waals surface area contributed by atoms with Crippen molar-refractivity contribution in [2.24, 2.45) is 0 Å². The summed E-state index contributed by atoms with van der Waals surface area (Å²) in [6.45, 7) is 7.07. The summed E-state index contributed by atoms with van der Waals surface area (Å²) in [5.41, 5.74) is 2.91. The monoisotopic (exact) mass is 389 g/mol. The Labute approximate surface area is 168 Å². The molecule has 0 amide bonds. The number of piperazine rings is 1. The summed E-state index contributed by atoms with van der Waals surface area (Å²) < 4.78 is 7.51. The summed E-state index contributed by atoms with van der Waals surface area (Å²) in [7, 11) is 2.13. The number of likely N-dealkylation sites (N-methyl/N-ethyl adjacent to an activating group) is 1. The molecule has 4 aromatic heterocycles. The minimum atomic E-state index is -0.422. The maximum absolute atomic E-state index is 12.7. The van der Waals surface area contributed by atoms with Gasteiger partial charge in [0.15, 0.2) is 0 Å². The summed E-state index contributed by atoms with van der Waals surface area (Å²) in [4.78, 5) is 26.5. The largest absolute Gasteiger partial charge is 0.403 e. The molecule has 0 bridgehead atoms. The van der Waals surface area contributed by atoms with E-state index < -0.39 is 5.63 Å². The van der Waals surface area contributed by atoms with Crippen LogP contribution in [0.2, 0.25) is 0 Å². The van der Waals surface area contributed by atoms with E-state index in [4.69, 9.17) is 4.42 Å². The van der Waals surface area contributed by atoms with Gasteiger partial charge >= 0.3 is 5.63 Å². The maximum Gasteiger partial charge on any atom is 0.347 e. The number of imidazole rings is 1. The van der Waals surface area contributed by atoms with Crippen molar-refractivity contribution in [1.29, 1.82) is 0 Å². The predicted molar refractivity (Wildman–Crippen MR) is 114 cm³/mol. The molecule has 0 aliphatic carbocycles. The van der Waals surface area contributed by atoms with Gasteiger partial charge in [0.25, 0.3) is 0 Å². The van der Waals surface area contributed by atoms with Crippen LogP contribution in [0.3, 0.4) is 0 Å². The highest BCUT2D eigenvalue weighted by atomic mass is 16.4. The third kappa shape index (κ3) is 3.17. The van der Waals surface area contributed by atoms with E-state index in [0.29, 0.717) is 23.0 Å². The molecule has 1 saturated heterocycles. The number of rotatable bonds is 2. The van der Waals surface area contributed by atoms with Gasteiger partial charge in [-0.25, -0.2) is 9.78 Å². The highest BCUT2D eigenvalue weighted by molar-refractivity contribution is 5.80. The van der Waals surface area contributed by atoms with Gasteiger partial charge in [-0.3, -0.25) is 0 Å². The molecule has 0 saturated carbocycles. The molecule has 7 nitrogen and oxygen atoms in total. The van der Waals surface area contributed by atoms with Crippen molar-refractivity contribution in [3.63, 3.8) is 0 Å². The van der Waals surface area contributed by atoms with Crippen LogP contribution in [-0.4, -0.2) is 52.0 Å². The molecule has 1 atom stereocenters. The standard InChI is InChI=1S/C22H23N5O2/c1-14-6-7-26-13-18(23-20(26)10-14)17-11-16-4-5-19(24-21(16)29-22(17)28)27-9-8-25(3)12-15(27)2/h4-7,10-11,13,15H,8-9,12H2,1-3H3/t15-/m0/s1. The molecule has 5 rings (SSSR count). The molecule has 1 aliphatic rings. The van der Waals surface area contributed by atoms with Crippen molar-refractivity contribution in [2.75, 3.05) is 31.6 Å². The average molecular weight is 389 g/mol. The van der Waals surface area contributed by atoms with Crippen LogP contribution in [-0.2, 0) is 0 Å². The normalized spacial score (nSPS) is 18.0. The van der Waals surface area contributed by atoms with E-state index in [1.807, 2.05) is 54.0 Å². The Morgan fingerprint density at radius 3 is 2.83 bits per heavy atom. The van der Waals surface area contributed by atoms with Crippen LogP contribution in [0.5, 0.6) is 0 Å². The van der Waals surface area contributed by atoms with Gasteiger partial charge in [0, 0.05) is 43.5 Å². The van der Waals surface area contributed by atoms with E-state index in [-0.39, 0.29) is 0 Å². The van der Waals surface area contributed by atoms with E-state index in [1.54, 1.807) is 0 Å². The fourth-order valence-electron chi connectivity index (χ4n) is 4.02. The van der Waals surface area contributed by atoms with Gasteiger partial charge in [-0.2, -0.15) is 4.98 Å². The van der Waals surface area contributed by atoms with Crippen molar-refractivity contribution in [1.82, 2.24) is 19.3 Å². The summed E-state index contributed by atoms with van der Waals surface area (Å²) in [6.07, 6.45) is 3.79. The zero-order valence-corrected chi connectivity index (χ0v) is 16.8. The van der Waals surface area contributed by atoms with Gasteiger partial charge in [-0.1, -0.05) is 0 Å². The fourth-order valence-corrected chi connectivity index (χ4v) is 4.02. The van der Waals surface area contributed by atoms with E-state index in [0.717, 1.165) is 42.0 Å². The molecular weight excluding hydrogens is 366 g/mol. The summed E-state index contributed by atoms with van der Waals surface area (Å²) >= 11 is 0. The van der Waals surface area contributed by atoms with Crippen LogP contribution in [0.1, 0.15) is 12.5 Å². The Kier molecular flexibility index (Phi) is 4.13. The Bertz CT molecular complexity index is 1280. The number of hydrogen-bond acceptors (Lipinski definition) is 6. The Morgan fingerprint density at radius 1 is 1.14 bits per heavy atom. The van der Waals surface area contributed by atoms with Crippen molar-refractivity contribution in [2.45, 2.75) is 19.9 Å². The molecule has 0 spiro atoms. The lowest BCUT2D eigenvalue weighted by molar-refractivity contribution is 0.274. The molecule has 1 aliphatic heterocycles. The van der Waals surface area contributed by atoms with Gasteiger partial charge in [0.1, 0.15) is 11.5 Å². The first-order chi connectivity index (χ1) is 14.0. The molecule has 5 heterocycles. The number of anilines is 1. The molecule has 0 radical (unpaired) electrons. The van der Waals surface area contributed by atoms with Crippen molar-refractivity contribution >= 4 is 22.6 Å². The Balaban J connectivity index is 1.55. The molecule has 7 heteroatoms. The molecule has 29 heavy (non-hydrogen) atoms. The molecule has 148 valence electrons. The lowest BCUT2D eigenvalue weighted by Crippen LogP contribution is -2.50. The van der Waals surface area contributed by atoms with Crippen LogP contribution in [0.4, 0.5) is 5.82 Å². The second kappa shape index (κ2) is 6.70. The number of pyridine rings is 2. The lowest BCUT2D eigenvalue weighted by Gasteiger charge is -2.38. The summed E-state index contributed by atoms with van der Waals surface area (Å²) in [6, 6.07) is 10.1. The maximum atomic E-state index is 12.7. The highest BCUT2D eigenvalue weighted by Crippen LogP contribution is 2.24. The molecular formula is C22H23N5O2. The van der Waals surface area contributed by atoms with Crippen LogP contribution in [0, 0.1) is 6.92 Å². The average Bonchev–Trinajstić information content (AvgIpc) is 3.10. The van der Waals surface area contributed by atoms with Crippen LogP contribution >= 0.6 is 0 Å². The van der Waals surface area contributed by atoms with Gasteiger partial charge < -0.3 is 18.6 Å². The Morgan fingerprint density at radius 2 is 2.00 bits per heavy atom. The smallest absolute Gasteiger partial charge is 0.347 e. The van der Waals surface area contributed by atoms with Gasteiger partial charge in [-0.15, -0.1) is 0 Å². The Hall–Kier alpha value is -3.19. The minimum absolute atomic E-state index is 0.353. The van der Waals surface area contributed by atoms with Crippen LogP contribution in [0.15, 0.2) is 51.9 Å². The number of aromatic nitrogens is 3. The zero-order valence-electron chi connectivity index (χ0n) is 16.8. The van der Waals surface area contributed by atoms with Crippen molar-refractivity contribution in [3.05, 3.63) is 58.7 Å². The van der Waals surface area contributed by atoms with Crippen molar-refractivity contribution < 1.29 is 4.42 Å². The van der Waals surface area contributed by atoms with Gasteiger partial charge in [-0.05, 0) is 56.8 Å². The van der Waals surface area contributed by atoms with E-state index in [1.165, 1.54) is 0 Å². The molecule has 0 N–H and O–H groups in total. The second-order valence-electron chi connectivity index (χ2n) is 7.91. The first-order valence-corrected chi connectivity index (χ1v) is 9.84. The van der Waals surface area contributed by atoms with Gasteiger partial charge in [0.05, 0.1) is 11.3 Å². The first kappa shape index (κ1) is 17.9. The zero-order chi connectivity index (χ0) is 20.1. The van der Waals surface area contributed by atoms with Crippen LogP contribution in [0.25, 0.3) is 28.0 Å². The predicted octanol–water partition coefficient (Wildman–Crippen LogP) is 2.95. The number of hydrogen-bond donors (Lipinski definition) is 0. The van der Waals surface area contributed by atoms with Gasteiger partial charge in [0.2, 0.25) is 5.71 Å². The molecule has 0 aromatic carbocycles. The van der Waals surface area contributed by atoms with E-state index >= 15 is 0 Å². The van der Waals surface area contributed by atoms with E-state index in [9.17, 15) is 4.79 Å². The minimum Gasteiger partial charge on any atom is -0.403 e. The third-order valence-electron chi connectivity index (χ3n) is 5.60. The summed E-state index contributed by atoms with van der Waals surface area (Å²) in [5, 5.41) is 0.790. The van der Waals surface area contributed by atoms with Crippen LogP contribution < -0.4 is 10.5 Å². The quantitative estimate of drug-likeness (QED) is 0.525. The second-order valence-corrected chi connectivity index (χ2v) is 7.91. The summed E-state index contributed by atoms with van der Waals surface area (Å²) in [5.74, 6) is 0.845. The van der Waals surface area contributed by atoms with Crippen molar-refractivity contribution in [3.8, 4) is 11.3 Å². The first-order valence-electron chi connectivity index (χ1n) is 9.84. The topological polar surface area (TPSA) is 66.9 Å². The molecule has 4 aromatic rings. The fraction of sp³-hybridized carbons (Fsp3) is 0.318.